The van der Waals surface area contributed by atoms with Crippen molar-refractivity contribution < 1.29 is 4.74 Å². The molecule has 1 atom stereocenters. The van der Waals surface area contributed by atoms with Crippen molar-refractivity contribution >= 4 is 0 Å². The summed E-state index contributed by atoms with van der Waals surface area (Å²) in [5.41, 5.74) is 0.0747. The quantitative estimate of drug-likeness (QED) is 0.655. The van der Waals surface area contributed by atoms with E-state index in [2.05, 4.69) is 23.9 Å². The zero-order chi connectivity index (χ0) is 8.60. The first-order valence-electron chi connectivity index (χ1n) is 4.16. The minimum Gasteiger partial charge on any atom is -0.370 e. The molecule has 1 unspecified atom stereocenters. The summed E-state index contributed by atoms with van der Waals surface area (Å²) < 4.78 is 7.42. The fourth-order valence-electron chi connectivity index (χ4n) is 1.63. The van der Waals surface area contributed by atoms with Crippen LogP contribution in [0.15, 0.2) is 12.7 Å². The molecule has 0 bridgehead atoms. The van der Waals surface area contributed by atoms with Crippen LogP contribution in [-0.2, 0) is 11.3 Å². The maximum absolute atomic E-state index is 5.61. The fraction of sp³-hybridized carbons (Fsp3) is 0.750. The average molecular weight is 167 g/mol. The Bertz CT molecular complexity index is 247. The SMILES string of the molecule is CC1(C)CC(Cn2cncn2)O1. The van der Waals surface area contributed by atoms with E-state index in [1.54, 1.807) is 17.3 Å². The number of nitrogens with zero attached hydrogens (tertiary/aromatic N) is 3. The summed E-state index contributed by atoms with van der Waals surface area (Å²) in [5.74, 6) is 0. The lowest BCUT2D eigenvalue weighted by Gasteiger charge is -2.42. The van der Waals surface area contributed by atoms with Gasteiger partial charge in [0.1, 0.15) is 12.7 Å². The number of aromatic nitrogens is 3. The van der Waals surface area contributed by atoms with Crippen LogP contribution in [0.4, 0.5) is 0 Å². The maximum atomic E-state index is 5.61. The van der Waals surface area contributed by atoms with Gasteiger partial charge in [0.15, 0.2) is 0 Å². The van der Waals surface area contributed by atoms with Crippen molar-refractivity contribution in [2.24, 2.45) is 0 Å². The Kier molecular flexibility index (Phi) is 1.65. The Morgan fingerprint density at radius 2 is 2.42 bits per heavy atom. The molecule has 1 saturated heterocycles. The Morgan fingerprint density at radius 3 is 2.92 bits per heavy atom. The first kappa shape index (κ1) is 7.73. The highest BCUT2D eigenvalue weighted by Gasteiger charge is 2.37. The van der Waals surface area contributed by atoms with Crippen molar-refractivity contribution in [3.05, 3.63) is 12.7 Å². The lowest BCUT2D eigenvalue weighted by atomic mass is 9.93. The maximum Gasteiger partial charge on any atom is 0.137 e. The third-order valence-corrected chi connectivity index (χ3v) is 2.06. The van der Waals surface area contributed by atoms with E-state index in [0.717, 1.165) is 13.0 Å². The highest BCUT2D eigenvalue weighted by Crippen LogP contribution is 2.32. The molecule has 1 aliphatic rings. The van der Waals surface area contributed by atoms with Crippen LogP contribution in [0.25, 0.3) is 0 Å². The molecule has 0 N–H and O–H groups in total. The minimum absolute atomic E-state index is 0.0747. The molecule has 1 aromatic heterocycles. The smallest absolute Gasteiger partial charge is 0.137 e. The average Bonchev–Trinajstić information content (AvgIpc) is 2.35. The number of hydrogen-bond acceptors (Lipinski definition) is 3. The largest absolute Gasteiger partial charge is 0.370 e. The zero-order valence-electron chi connectivity index (χ0n) is 7.40. The Morgan fingerprint density at radius 1 is 1.67 bits per heavy atom. The van der Waals surface area contributed by atoms with Crippen LogP contribution in [0, 0.1) is 0 Å². The van der Waals surface area contributed by atoms with Gasteiger partial charge in [0, 0.05) is 6.42 Å². The second-order valence-electron chi connectivity index (χ2n) is 3.82. The number of rotatable bonds is 2. The van der Waals surface area contributed by atoms with Crippen LogP contribution >= 0.6 is 0 Å². The monoisotopic (exact) mass is 167 g/mol. The van der Waals surface area contributed by atoms with Crippen molar-refractivity contribution in [3.8, 4) is 0 Å². The van der Waals surface area contributed by atoms with Gasteiger partial charge in [0.05, 0.1) is 18.2 Å². The summed E-state index contributed by atoms with van der Waals surface area (Å²) >= 11 is 0. The van der Waals surface area contributed by atoms with E-state index in [4.69, 9.17) is 4.74 Å². The lowest BCUT2D eigenvalue weighted by Crippen LogP contribution is -2.47. The van der Waals surface area contributed by atoms with E-state index in [1.165, 1.54) is 0 Å². The van der Waals surface area contributed by atoms with Gasteiger partial charge in [-0.1, -0.05) is 0 Å². The van der Waals surface area contributed by atoms with Gasteiger partial charge in [-0.15, -0.1) is 0 Å². The molecule has 4 nitrogen and oxygen atoms in total. The molecule has 0 amide bonds. The Hall–Kier alpha value is -0.900. The third kappa shape index (κ3) is 1.48. The Labute approximate surface area is 71.6 Å². The predicted octanol–water partition coefficient (Wildman–Crippen LogP) is 0.846. The standard InChI is InChI=1S/C8H13N3O/c1-8(2)3-7(12-8)4-11-6-9-5-10-11/h5-7H,3-4H2,1-2H3. The summed E-state index contributed by atoms with van der Waals surface area (Å²) in [6, 6.07) is 0. The van der Waals surface area contributed by atoms with E-state index in [1.807, 2.05) is 0 Å². The molecule has 12 heavy (non-hydrogen) atoms. The van der Waals surface area contributed by atoms with Gasteiger partial charge in [0.25, 0.3) is 0 Å². The highest BCUT2D eigenvalue weighted by atomic mass is 16.5. The molecule has 0 radical (unpaired) electrons. The Balaban J connectivity index is 1.84. The van der Waals surface area contributed by atoms with Gasteiger partial charge in [-0.3, -0.25) is 4.68 Å². The van der Waals surface area contributed by atoms with Gasteiger partial charge in [-0.25, -0.2) is 4.98 Å². The van der Waals surface area contributed by atoms with E-state index >= 15 is 0 Å². The summed E-state index contributed by atoms with van der Waals surface area (Å²) in [7, 11) is 0. The van der Waals surface area contributed by atoms with E-state index in [-0.39, 0.29) is 5.60 Å². The minimum atomic E-state index is 0.0747. The van der Waals surface area contributed by atoms with Crippen molar-refractivity contribution in [3.63, 3.8) is 0 Å². The molecule has 0 saturated carbocycles. The van der Waals surface area contributed by atoms with Crippen LogP contribution in [0.5, 0.6) is 0 Å². The van der Waals surface area contributed by atoms with Gasteiger partial charge in [-0.2, -0.15) is 5.10 Å². The molecule has 4 heteroatoms. The van der Waals surface area contributed by atoms with Gasteiger partial charge < -0.3 is 4.74 Å². The van der Waals surface area contributed by atoms with Crippen LogP contribution in [0.3, 0.4) is 0 Å². The molecule has 0 aliphatic carbocycles. The van der Waals surface area contributed by atoms with Gasteiger partial charge >= 0.3 is 0 Å². The van der Waals surface area contributed by atoms with Crippen molar-refractivity contribution in [2.75, 3.05) is 0 Å². The molecule has 1 aromatic rings. The fourth-order valence-corrected chi connectivity index (χ4v) is 1.63. The second kappa shape index (κ2) is 2.55. The van der Waals surface area contributed by atoms with E-state index in [9.17, 15) is 0 Å². The van der Waals surface area contributed by atoms with Gasteiger partial charge in [-0.05, 0) is 13.8 Å². The normalized spacial score (nSPS) is 26.7. The lowest BCUT2D eigenvalue weighted by molar-refractivity contribution is -0.189. The van der Waals surface area contributed by atoms with Crippen LogP contribution in [-0.4, -0.2) is 26.5 Å². The molecule has 1 fully saturated rings. The second-order valence-corrected chi connectivity index (χ2v) is 3.82. The molecule has 66 valence electrons. The predicted molar refractivity (Wildman–Crippen MR) is 43.6 cm³/mol. The molecular weight excluding hydrogens is 154 g/mol. The topological polar surface area (TPSA) is 39.9 Å². The van der Waals surface area contributed by atoms with Crippen LogP contribution in [0.2, 0.25) is 0 Å². The van der Waals surface area contributed by atoms with Crippen molar-refractivity contribution in [2.45, 2.75) is 38.5 Å². The van der Waals surface area contributed by atoms with E-state index in [0.29, 0.717) is 6.10 Å². The number of hydrogen-bond donors (Lipinski definition) is 0. The highest BCUT2D eigenvalue weighted by molar-refractivity contribution is 4.85. The van der Waals surface area contributed by atoms with Crippen molar-refractivity contribution in [1.29, 1.82) is 0 Å². The molecule has 0 spiro atoms. The van der Waals surface area contributed by atoms with Crippen LogP contribution < -0.4 is 0 Å². The van der Waals surface area contributed by atoms with Crippen LogP contribution in [0.1, 0.15) is 20.3 Å². The molecular formula is C8H13N3O. The summed E-state index contributed by atoms with van der Waals surface area (Å²) in [5, 5.41) is 4.01. The zero-order valence-corrected chi connectivity index (χ0v) is 7.40. The van der Waals surface area contributed by atoms with Gasteiger partial charge in [0.2, 0.25) is 0 Å². The molecule has 2 heterocycles. The summed E-state index contributed by atoms with van der Waals surface area (Å²) in [4.78, 5) is 3.87. The molecule has 0 aromatic carbocycles. The molecule has 2 rings (SSSR count). The van der Waals surface area contributed by atoms with Crippen molar-refractivity contribution in [1.82, 2.24) is 14.8 Å². The first-order chi connectivity index (χ1) is 5.66. The molecule has 1 aliphatic heterocycles. The van der Waals surface area contributed by atoms with E-state index < -0.39 is 0 Å². The summed E-state index contributed by atoms with van der Waals surface area (Å²) in [6.07, 6.45) is 4.69. The first-order valence-corrected chi connectivity index (χ1v) is 4.16. The summed E-state index contributed by atoms with van der Waals surface area (Å²) in [6.45, 7) is 5.03. The number of ether oxygens (including phenoxy) is 1. The third-order valence-electron chi connectivity index (χ3n) is 2.06.